The van der Waals surface area contributed by atoms with Crippen LogP contribution in [0.5, 0.6) is 0 Å². The first-order chi connectivity index (χ1) is 8.41. The van der Waals surface area contributed by atoms with Crippen molar-refractivity contribution in [2.24, 2.45) is 5.73 Å². The minimum absolute atomic E-state index is 0.0249. The molecule has 1 heterocycles. The molecule has 2 atom stereocenters. The van der Waals surface area contributed by atoms with Crippen molar-refractivity contribution in [2.45, 2.75) is 12.2 Å². The van der Waals surface area contributed by atoms with Crippen molar-refractivity contribution in [3.8, 4) is 0 Å². The van der Waals surface area contributed by atoms with E-state index in [1.165, 1.54) is 17.0 Å². The molecule has 0 amide bonds. The molecular weight excluding hydrogens is 262 g/mol. The molecular formula is C11H12F2N2O2S. The monoisotopic (exact) mass is 274 g/mol. The third-order valence-electron chi connectivity index (χ3n) is 2.93. The molecule has 4 nitrogen and oxygen atoms in total. The Bertz CT molecular complexity index is 488. The molecule has 0 aromatic heterocycles. The largest absolute Gasteiger partial charge is 0.389 e. The predicted molar refractivity (Wildman–Crippen MR) is 66.5 cm³/mol. The predicted octanol–water partition coefficient (Wildman–Crippen LogP) is 0.141. The van der Waals surface area contributed by atoms with Gasteiger partial charge in [0.15, 0.2) is 11.6 Å². The normalized spacial score (nSPS) is 23.4. The fourth-order valence-electron chi connectivity index (χ4n) is 1.94. The fraction of sp³-hybridized carbons (Fsp3) is 0.364. The summed E-state index contributed by atoms with van der Waals surface area (Å²) in [6.45, 7) is 0.0912. The van der Waals surface area contributed by atoms with E-state index in [-0.39, 0.29) is 29.3 Å². The van der Waals surface area contributed by atoms with Crippen LogP contribution in [0.1, 0.15) is 5.56 Å². The summed E-state index contributed by atoms with van der Waals surface area (Å²) in [5, 5.41) is 18.8. The summed E-state index contributed by atoms with van der Waals surface area (Å²) < 4.78 is 27.5. The maximum absolute atomic E-state index is 13.8. The zero-order valence-corrected chi connectivity index (χ0v) is 10.1. The molecule has 4 N–H and O–H groups in total. The second-order valence-corrected chi connectivity index (χ2v) is 4.60. The molecule has 0 radical (unpaired) electrons. The van der Waals surface area contributed by atoms with Gasteiger partial charge in [-0.25, -0.2) is 8.78 Å². The Kier molecular flexibility index (Phi) is 3.47. The van der Waals surface area contributed by atoms with Crippen molar-refractivity contribution in [3.63, 3.8) is 0 Å². The molecule has 1 aliphatic heterocycles. The van der Waals surface area contributed by atoms with E-state index in [9.17, 15) is 19.0 Å². The maximum Gasteiger partial charge on any atom is 0.182 e. The minimum Gasteiger partial charge on any atom is -0.389 e. The third kappa shape index (κ3) is 2.16. The van der Waals surface area contributed by atoms with Gasteiger partial charge in [0.25, 0.3) is 0 Å². The van der Waals surface area contributed by atoms with Crippen LogP contribution in [0.4, 0.5) is 14.5 Å². The number of benzene rings is 1. The number of nitrogens with zero attached hydrogens (tertiary/aromatic N) is 1. The van der Waals surface area contributed by atoms with Crippen LogP contribution < -0.4 is 10.6 Å². The van der Waals surface area contributed by atoms with Crippen molar-refractivity contribution < 1.29 is 19.0 Å². The van der Waals surface area contributed by atoms with Crippen LogP contribution in [-0.4, -0.2) is 40.5 Å². The highest BCUT2D eigenvalue weighted by molar-refractivity contribution is 7.80. The van der Waals surface area contributed by atoms with E-state index in [1.54, 1.807) is 0 Å². The van der Waals surface area contributed by atoms with E-state index < -0.39 is 23.8 Å². The van der Waals surface area contributed by atoms with Crippen LogP contribution >= 0.6 is 12.2 Å². The number of anilines is 1. The number of hydrogen-bond donors (Lipinski definition) is 3. The average molecular weight is 274 g/mol. The number of rotatable bonds is 2. The number of halogens is 2. The molecule has 7 heteroatoms. The number of β-amino-alcohol motifs (C(OH)–C–C–N with tert-alkyl or cyclic N) is 2. The standard InChI is InChI=1S/C11H12F2N2O2S/c12-9-5(11(14)18)1-2-6(10(9)13)15-3-7(16)8(17)4-15/h1-2,7-8,16-17H,3-4H2,(H2,14,18). The van der Waals surface area contributed by atoms with Crippen LogP contribution in [0.15, 0.2) is 12.1 Å². The highest BCUT2D eigenvalue weighted by Crippen LogP contribution is 2.27. The Morgan fingerprint density at radius 1 is 1.22 bits per heavy atom. The van der Waals surface area contributed by atoms with E-state index in [1.807, 2.05) is 0 Å². The lowest BCUT2D eigenvalue weighted by molar-refractivity contribution is 0.0572. The molecule has 0 bridgehead atoms. The Morgan fingerprint density at radius 3 is 2.28 bits per heavy atom. The lowest BCUT2D eigenvalue weighted by Crippen LogP contribution is -2.23. The Labute approximate surface area is 108 Å². The van der Waals surface area contributed by atoms with Gasteiger partial charge in [-0.2, -0.15) is 0 Å². The van der Waals surface area contributed by atoms with Crippen LogP contribution in [0, 0.1) is 11.6 Å². The Hall–Kier alpha value is -1.31. The molecule has 18 heavy (non-hydrogen) atoms. The number of hydrogen-bond acceptors (Lipinski definition) is 4. The average Bonchev–Trinajstić information content (AvgIpc) is 2.62. The van der Waals surface area contributed by atoms with E-state index in [2.05, 4.69) is 12.2 Å². The topological polar surface area (TPSA) is 69.7 Å². The molecule has 0 spiro atoms. The number of aliphatic hydroxyl groups is 2. The van der Waals surface area contributed by atoms with E-state index in [4.69, 9.17) is 5.73 Å². The van der Waals surface area contributed by atoms with Gasteiger partial charge < -0.3 is 20.8 Å². The van der Waals surface area contributed by atoms with Crippen LogP contribution in [0.3, 0.4) is 0 Å². The Balaban J connectivity index is 2.36. The molecule has 0 saturated carbocycles. The van der Waals surface area contributed by atoms with Crippen molar-refractivity contribution in [1.82, 2.24) is 0 Å². The van der Waals surface area contributed by atoms with Crippen molar-refractivity contribution in [3.05, 3.63) is 29.3 Å². The summed E-state index contributed by atoms with van der Waals surface area (Å²) in [5.74, 6) is -2.20. The van der Waals surface area contributed by atoms with Gasteiger partial charge >= 0.3 is 0 Å². The van der Waals surface area contributed by atoms with Gasteiger partial charge in [0.05, 0.1) is 17.9 Å². The number of aliphatic hydroxyl groups excluding tert-OH is 2. The lowest BCUT2D eigenvalue weighted by atomic mass is 10.1. The smallest absolute Gasteiger partial charge is 0.182 e. The van der Waals surface area contributed by atoms with Gasteiger partial charge in [-0.3, -0.25) is 0 Å². The fourth-order valence-corrected chi connectivity index (χ4v) is 2.10. The van der Waals surface area contributed by atoms with Gasteiger partial charge in [-0.15, -0.1) is 0 Å². The first-order valence-corrected chi connectivity index (χ1v) is 5.71. The first-order valence-electron chi connectivity index (χ1n) is 5.30. The summed E-state index contributed by atoms with van der Waals surface area (Å²) in [6.07, 6.45) is -1.94. The third-order valence-corrected chi connectivity index (χ3v) is 3.15. The van der Waals surface area contributed by atoms with Crippen LogP contribution in [-0.2, 0) is 0 Å². The molecule has 1 aromatic carbocycles. The van der Waals surface area contributed by atoms with Crippen molar-refractivity contribution in [1.29, 1.82) is 0 Å². The SMILES string of the molecule is NC(=S)c1ccc(N2CC(O)C(O)C2)c(F)c1F. The second-order valence-electron chi connectivity index (χ2n) is 4.16. The second kappa shape index (κ2) is 4.75. The lowest BCUT2D eigenvalue weighted by Gasteiger charge is -2.19. The molecule has 1 saturated heterocycles. The van der Waals surface area contributed by atoms with E-state index >= 15 is 0 Å². The van der Waals surface area contributed by atoms with Crippen molar-refractivity contribution in [2.75, 3.05) is 18.0 Å². The number of thiocarbonyl (C=S) groups is 1. The van der Waals surface area contributed by atoms with Gasteiger partial charge in [0, 0.05) is 18.7 Å². The summed E-state index contributed by atoms with van der Waals surface area (Å²) >= 11 is 4.60. The minimum atomic E-state index is -1.11. The Morgan fingerprint density at radius 2 is 1.78 bits per heavy atom. The highest BCUT2D eigenvalue weighted by atomic mass is 32.1. The molecule has 1 aliphatic rings. The quantitative estimate of drug-likeness (QED) is 0.669. The van der Waals surface area contributed by atoms with Gasteiger partial charge in [-0.1, -0.05) is 12.2 Å². The molecule has 0 aliphatic carbocycles. The van der Waals surface area contributed by atoms with Gasteiger partial charge in [0.2, 0.25) is 0 Å². The molecule has 98 valence electrons. The zero-order valence-electron chi connectivity index (χ0n) is 9.31. The van der Waals surface area contributed by atoms with Crippen LogP contribution in [0.2, 0.25) is 0 Å². The maximum atomic E-state index is 13.8. The molecule has 2 rings (SSSR count). The van der Waals surface area contributed by atoms with Crippen molar-refractivity contribution >= 4 is 22.9 Å². The van der Waals surface area contributed by atoms with Gasteiger partial charge in [0.1, 0.15) is 4.99 Å². The molecule has 1 fully saturated rings. The first kappa shape index (κ1) is 13.1. The molecule has 1 aromatic rings. The van der Waals surface area contributed by atoms with E-state index in [0.717, 1.165) is 0 Å². The number of nitrogens with two attached hydrogens (primary N) is 1. The van der Waals surface area contributed by atoms with Crippen LogP contribution in [0.25, 0.3) is 0 Å². The summed E-state index contributed by atoms with van der Waals surface area (Å²) in [5.41, 5.74) is 5.08. The summed E-state index contributed by atoms with van der Waals surface area (Å²) in [7, 11) is 0. The van der Waals surface area contributed by atoms with Gasteiger partial charge in [-0.05, 0) is 12.1 Å². The summed E-state index contributed by atoms with van der Waals surface area (Å²) in [4.78, 5) is 1.15. The molecule has 2 unspecified atom stereocenters. The van der Waals surface area contributed by atoms with E-state index in [0.29, 0.717) is 0 Å². The summed E-state index contributed by atoms with van der Waals surface area (Å²) in [6, 6.07) is 2.62. The zero-order chi connectivity index (χ0) is 13.4. The highest BCUT2D eigenvalue weighted by Gasteiger charge is 2.32.